The Morgan fingerprint density at radius 2 is 0.482 bits per heavy atom. The molecule has 2 heterocycles. The van der Waals surface area contributed by atoms with E-state index in [0.717, 1.165) is 95.8 Å². The fourth-order valence-corrected chi connectivity index (χ4v) is 18.6. The smallest absolute Gasteiger partial charge is 0.0541 e. The van der Waals surface area contributed by atoms with Gasteiger partial charge in [0.1, 0.15) is 0 Å². The summed E-state index contributed by atoms with van der Waals surface area (Å²) in [6.45, 7) is 44.9. The summed E-state index contributed by atoms with van der Waals surface area (Å²) in [6.07, 6.45) is 43.1. The molecule has 2 aliphatic heterocycles. The second kappa shape index (κ2) is 64.2. The summed E-state index contributed by atoms with van der Waals surface area (Å²) in [5, 5.41) is 0. The molecule has 0 aromatic carbocycles. The molecule has 12 bridgehead atoms. The molecule has 15 rings (SSSR count). The van der Waals surface area contributed by atoms with Gasteiger partial charge in [-0.05, 0) is 234 Å². The van der Waals surface area contributed by atoms with Crippen LogP contribution in [0.1, 0.15) is 357 Å². The third-order valence-electron chi connectivity index (χ3n) is 19.4. The van der Waals surface area contributed by atoms with E-state index in [-0.39, 0.29) is 44.6 Å². The van der Waals surface area contributed by atoms with Crippen LogP contribution in [-0.2, 0) is 4.74 Å². The van der Waals surface area contributed by atoms with E-state index in [4.69, 9.17) is 27.9 Å². The maximum absolute atomic E-state index is 5.60. The van der Waals surface area contributed by atoms with Crippen LogP contribution in [0.3, 0.4) is 0 Å². The molecule has 15 aliphatic rings. The molecule has 495 valence electrons. The van der Waals surface area contributed by atoms with E-state index in [1.54, 1.807) is 156 Å². The Hall–Kier alpha value is 0.700. The summed E-state index contributed by atoms with van der Waals surface area (Å²) < 4.78 is 5.60. The van der Waals surface area contributed by atoms with E-state index in [9.17, 15) is 0 Å². The van der Waals surface area contributed by atoms with E-state index in [0.29, 0.717) is 0 Å². The first-order valence-corrected chi connectivity index (χ1v) is 36.5. The zero-order valence-electron chi connectivity index (χ0n) is 57.0. The van der Waals surface area contributed by atoms with Gasteiger partial charge in [0.15, 0.2) is 0 Å². The summed E-state index contributed by atoms with van der Waals surface area (Å²) >= 11 is 2.21. The van der Waals surface area contributed by atoms with Gasteiger partial charge in [-0.25, -0.2) is 0 Å². The van der Waals surface area contributed by atoms with Crippen LogP contribution in [0.5, 0.6) is 0 Å². The van der Waals surface area contributed by atoms with Crippen molar-refractivity contribution in [2.24, 2.45) is 87.3 Å². The molecule has 13 aliphatic carbocycles. The van der Waals surface area contributed by atoms with E-state index in [1.807, 2.05) is 104 Å². The molecule has 0 unspecified atom stereocenters. The van der Waals surface area contributed by atoms with Crippen molar-refractivity contribution in [2.45, 2.75) is 376 Å². The van der Waals surface area contributed by atoms with Gasteiger partial charge >= 0.3 is 0 Å². The minimum absolute atomic E-state index is 0. The van der Waals surface area contributed by atoms with Crippen molar-refractivity contribution in [3.8, 4) is 0 Å². The molecule has 0 amide bonds. The molecule has 0 atom stereocenters. The number of thioether (sulfide) groups is 1. The third-order valence-corrected chi connectivity index (χ3v) is 20.4. The highest BCUT2D eigenvalue weighted by Crippen LogP contribution is 2.69. The molecule has 2 saturated heterocycles. The van der Waals surface area contributed by atoms with Crippen molar-refractivity contribution in [2.75, 3.05) is 24.7 Å². The highest BCUT2D eigenvalue weighted by molar-refractivity contribution is 7.99. The minimum Gasteiger partial charge on any atom is -0.381 e. The normalized spacial score (nSPS) is 29.5. The molecule has 0 aromatic rings. The monoisotopic (exact) mass is 1180 g/mol. The molecule has 1 nitrogen and oxygen atoms in total. The van der Waals surface area contributed by atoms with Gasteiger partial charge in [-0.2, -0.15) is 11.8 Å². The standard InChI is InChI=1S/C14H22O.C14H22S.C14H22.3C3H8.3C2H5B2.6C2H6.6CH4/c2*1-3-15-4-2-14(1)12-6-10-5-11(8-12)9-13(14)7-10;1-2-4-14(3-1)12-6-10-5-11(8-12)9-13(14)7-10;3*1-3-2;3*1-2-4-3;6*1-2;;;;;;/h2*10-13H,1-9H2;10-13H,1-9H2;3*3H2,1-2H3;3*2H2,1H3;6*1-2H3;6*1H4. The Kier molecular flexibility index (Phi) is 79.4. The SMILES string of the molecule is C.C.C.C.C.C.C1CC2(CCO1)C1CC3CC(C1)CC2C3.C1CC2(CCS1)C1CC3CC(C1)CC2C3.C1CCC2(C1)C1CC3CC(C1)CC2C3.CC.CC.CC.CC.CC.CC.CCC.CCC.CCC.[B][B]CC.[B][B]CC.[B][B]CC. The summed E-state index contributed by atoms with van der Waals surface area (Å²) in [7, 11) is 19.6. The highest BCUT2D eigenvalue weighted by Gasteiger charge is 2.59. The Labute approximate surface area is 545 Å². The Bertz CT molecular complexity index is 1050. The van der Waals surface area contributed by atoms with Crippen LogP contribution in [0.2, 0.25) is 19.0 Å². The molecule has 0 aromatic heterocycles. The number of ether oxygens (including phenoxy) is 1. The molecule has 15 fully saturated rings. The van der Waals surface area contributed by atoms with Crippen molar-refractivity contribution >= 4 is 56.5 Å². The maximum atomic E-state index is 5.60. The van der Waals surface area contributed by atoms with Crippen molar-refractivity contribution in [3.63, 3.8) is 0 Å². The molecule has 83 heavy (non-hydrogen) atoms. The Morgan fingerprint density at radius 3 is 0.663 bits per heavy atom. The van der Waals surface area contributed by atoms with Gasteiger partial charge in [0.2, 0.25) is 0 Å². The zero-order chi connectivity index (χ0) is 59.3. The lowest BCUT2D eigenvalue weighted by Gasteiger charge is -2.62. The summed E-state index contributed by atoms with van der Waals surface area (Å²) in [6, 6.07) is 0. The second-order valence-electron chi connectivity index (χ2n) is 24.1. The molecule has 9 radical (unpaired) electrons. The molecular weight excluding hydrogens is 1010 g/mol. The molecule has 8 heteroatoms. The maximum Gasteiger partial charge on any atom is 0.0541 e. The first-order valence-electron chi connectivity index (χ1n) is 35.3. The first kappa shape index (κ1) is 103. The lowest BCUT2D eigenvalue weighted by molar-refractivity contribution is -0.153. The number of hydrogen-bond acceptors (Lipinski definition) is 2. The average Bonchev–Trinajstić information content (AvgIpc) is 3.99. The molecular formula is C75H165B6OS. The van der Waals surface area contributed by atoms with Gasteiger partial charge in [-0.3, -0.25) is 0 Å². The van der Waals surface area contributed by atoms with Crippen LogP contribution < -0.4 is 0 Å². The molecule has 13 saturated carbocycles. The lowest BCUT2D eigenvalue weighted by atomic mass is 9.43. The van der Waals surface area contributed by atoms with Crippen molar-refractivity contribution in [1.82, 2.24) is 0 Å². The Balaban J connectivity index is -0.000000110. The first-order chi connectivity index (χ1) is 37.6. The minimum atomic E-state index is 0. The van der Waals surface area contributed by atoms with Gasteiger partial charge in [0.05, 0.1) is 21.5 Å². The van der Waals surface area contributed by atoms with Crippen LogP contribution >= 0.6 is 11.8 Å². The van der Waals surface area contributed by atoms with Crippen LogP contribution in [0.15, 0.2) is 0 Å². The van der Waals surface area contributed by atoms with Gasteiger partial charge in [-0.1, -0.05) is 241 Å². The van der Waals surface area contributed by atoms with E-state index < -0.39 is 0 Å². The predicted octanol–water partition coefficient (Wildman–Crippen LogP) is 26.1. The van der Waals surface area contributed by atoms with Gasteiger partial charge in [0, 0.05) is 36.4 Å². The second-order valence-corrected chi connectivity index (χ2v) is 25.3. The number of hydrogen-bond donors (Lipinski definition) is 0. The quantitative estimate of drug-likeness (QED) is 0.261. The number of rotatable bonds is 3. The van der Waals surface area contributed by atoms with E-state index >= 15 is 0 Å². The molecule has 3 spiro atoms. The van der Waals surface area contributed by atoms with E-state index in [1.165, 1.54) is 67.3 Å². The topological polar surface area (TPSA) is 9.23 Å². The zero-order valence-corrected chi connectivity index (χ0v) is 57.9. The lowest BCUT2D eigenvalue weighted by Crippen LogP contribution is -2.54. The summed E-state index contributed by atoms with van der Waals surface area (Å²) in [5.41, 5.74) is 2.51. The largest absolute Gasteiger partial charge is 0.381 e. The predicted molar refractivity (Wildman–Crippen MR) is 406 cm³/mol. The van der Waals surface area contributed by atoms with Gasteiger partial charge in [-0.15, -0.1) is 0 Å². The van der Waals surface area contributed by atoms with Crippen LogP contribution in [0.25, 0.3) is 0 Å². The van der Waals surface area contributed by atoms with E-state index in [2.05, 4.69) is 53.3 Å². The summed E-state index contributed by atoms with van der Waals surface area (Å²) in [5.74, 6) is 16.7. The fourth-order valence-electron chi connectivity index (χ4n) is 17.4. The third kappa shape index (κ3) is 32.5. The molecule has 0 N–H and O–H groups in total. The van der Waals surface area contributed by atoms with Gasteiger partial charge < -0.3 is 4.74 Å². The summed E-state index contributed by atoms with van der Waals surface area (Å²) in [4.78, 5) is 0. The highest BCUT2D eigenvalue weighted by atomic mass is 32.2. The van der Waals surface area contributed by atoms with Crippen molar-refractivity contribution in [3.05, 3.63) is 0 Å². The van der Waals surface area contributed by atoms with Crippen LogP contribution in [0.4, 0.5) is 0 Å². The average molecular weight is 1180 g/mol. The van der Waals surface area contributed by atoms with Crippen LogP contribution in [-0.4, -0.2) is 69.4 Å². The Morgan fingerprint density at radius 1 is 0.313 bits per heavy atom. The van der Waals surface area contributed by atoms with Crippen molar-refractivity contribution < 1.29 is 4.74 Å². The van der Waals surface area contributed by atoms with Gasteiger partial charge in [0.25, 0.3) is 0 Å². The van der Waals surface area contributed by atoms with Crippen LogP contribution in [0, 0.1) is 87.3 Å². The van der Waals surface area contributed by atoms with Crippen molar-refractivity contribution in [1.29, 1.82) is 0 Å². The fraction of sp³-hybridized carbons (Fsp3) is 1.00.